The van der Waals surface area contributed by atoms with Crippen molar-refractivity contribution >= 4 is 11.9 Å². The lowest BCUT2D eigenvalue weighted by atomic mass is 10.2. The van der Waals surface area contributed by atoms with Crippen LogP contribution in [0, 0.1) is 6.92 Å². The lowest BCUT2D eigenvalue weighted by Crippen LogP contribution is -2.16. The number of aryl methyl sites for hydroxylation is 1. The summed E-state index contributed by atoms with van der Waals surface area (Å²) in [6.45, 7) is 3.08. The number of hydrogen-bond donors (Lipinski definition) is 2. The Hall–Kier alpha value is -1.35. The molecule has 0 saturated heterocycles. The minimum atomic E-state index is 0.608. The van der Waals surface area contributed by atoms with E-state index < -0.39 is 0 Å². The predicted molar refractivity (Wildman–Crippen MR) is 68.1 cm³/mol. The molecule has 3 heteroatoms. The molecule has 1 aromatic heterocycles. The third-order valence-corrected chi connectivity index (χ3v) is 2.70. The molecular formula is C13H19N3. The van der Waals surface area contributed by atoms with Crippen LogP contribution in [0.1, 0.15) is 30.4 Å². The van der Waals surface area contributed by atoms with Crippen molar-refractivity contribution in [1.29, 1.82) is 0 Å². The van der Waals surface area contributed by atoms with Crippen LogP contribution in [-0.2, 0) is 0 Å². The molecule has 1 aromatic rings. The van der Waals surface area contributed by atoms with Gasteiger partial charge in [-0.15, -0.1) is 0 Å². The number of nitrogens with two attached hydrogens (primary N) is 1. The smallest absolute Gasteiger partial charge is 0.130 e. The van der Waals surface area contributed by atoms with E-state index in [0.29, 0.717) is 5.82 Å². The zero-order chi connectivity index (χ0) is 11.4. The Morgan fingerprint density at radius 3 is 3.12 bits per heavy atom. The Labute approximate surface area is 96.8 Å². The molecule has 0 amide bonds. The first-order valence-electron chi connectivity index (χ1n) is 5.88. The Bertz CT molecular complexity index is 381. The predicted octanol–water partition coefficient (Wildman–Crippen LogP) is 2.13. The molecule has 3 nitrogen and oxygen atoms in total. The van der Waals surface area contributed by atoms with Gasteiger partial charge in [-0.05, 0) is 44.4 Å². The van der Waals surface area contributed by atoms with Gasteiger partial charge in [-0.25, -0.2) is 4.98 Å². The zero-order valence-corrected chi connectivity index (χ0v) is 9.74. The van der Waals surface area contributed by atoms with E-state index in [1.165, 1.54) is 12.8 Å². The molecule has 1 heterocycles. The standard InChI is InChI=1S/C13H19N3/c1-10-8-11(13(14)16-9-10)4-2-3-7-15-12-5-6-12/h2,4,8-9,12,15H,3,5-7H2,1H3,(H2,14,16). The molecule has 0 aliphatic heterocycles. The van der Waals surface area contributed by atoms with Gasteiger partial charge in [-0.1, -0.05) is 12.2 Å². The molecule has 1 fully saturated rings. The Kier molecular flexibility index (Phi) is 3.57. The molecule has 0 aromatic carbocycles. The van der Waals surface area contributed by atoms with E-state index in [9.17, 15) is 0 Å². The lowest BCUT2D eigenvalue weighted by Gasteiger charge is -2.01. The van der Waals surface area contributed by atoms with E-state index >= 15 is 0 Å². The SMILES string of the molecule is Cc1cnc(N)c(C=CCCNC2CC2)c1. The van der Waals surface area contributed by atoms with Crippen molar-refractivity contribution in [2.24, 2.45) is 0 Å². The number of nitrogen functional groups attached to an aromatic ring is 1. The number of aromatic nitrogens is 1. The summed E-state index contributed by atoms with van der Waals surface area (Å²) in [5, 5.41) is 3.47. The molecule has 0 radical (unpaired) electrons. The zero-order valence-electron chi connectivity index (χ0n) is 9.74. The van der Waals surface area contributed by atoms with E-state index in [1.54, 1.807) is 6.20 Å². The van der Waals surface area contributed by atoms with Crippen LogP contribution in [0.25, 0.3) is 6.08 Å². The summed E-state index contributed by atoms with van der Waals surface area (Å²) < 4.78 is 0. The van der Waals surface area contributed by atoms with Gasteiger partial charge >= 0.3 is 0 Å². The molecule has 2 rings (SSSR count). The van der Waals surface area contributed by atoms with Gasteiger partial charge in [0.25, 0.3) is 0 Å². The first kappa shape index (κ1) is 11.1. The van der Waals surface area contributed by atoms with Crippen molar-refractivity contribution in [2.75, 3.05) is 12.3 Å². The maximum Gasteiger partial charge on any atom is 0.130 e. The first-order valence-corrected chi connectivity index (χ1v) is 5.88. The van der Waals surface area contributed by atoms with Crippen LogP contribution in [0.4, 0.5) is 5.82 Å². The van der Waals surface area contributed by atoms with Crippen molar-refractivity contribution in [2.45, 2.75) is 32.2 Å². The summed E-state index contributed by atoms with van der Waals surface area (Å²) in [5.74, 6) is 0.608. The average molecular weight is 217 g/mol. The molecule has 16 heavy (non-hydrogen) atoms. The van der Waals surface area contributed by atoms with Crippen LogP contribution in [-0.4, -0.2) is 17.6 Å². The minimum absolute atomic E-state index is 0.608. The fourth-order valence-electron chi connectivity index (χ4n) is 1.60. The van der Waals surface area contributed by atoms with Crippen LogP contribution in [0.15, 0.2) is 18.3 Å². The molecule has 3 N–H and O–H groups in total. The second-order valence-electron chi connectivity index (χ2n) is 4.41. The van der Waals surface area contributed by atoms with Gasteiger partial charge in [0.1, 0.15) is 5.82 Å². The second kappa shape index (κ2) is 5.12. The van der Waals surface area contributed by atoms with Gasteiger partial charge in [0.05, 0.1) is 0 Å². The van der Waals surface area contributed by atoms with Gasteiger partial charge < -0.3 is 11.1 Å². The minimum Gasteiger partial charge on any atom is -0.383 e. The number of rotatable bonds is 5. The van der Waals surface area contributed by atoms with Crippen molar-refractivity contribution in [3.63, 3.8) is 0 Å². The maximum atomic E-state index is 5.78. The molecule has 1 aliphatic carbocycles. The number of hydrogen-bond acceptors (Lipinski definition) is 3. The van der Waals surface area contributed by atoms with E-state index in [1.807, 2.05) is 6.92 Å². The topological polar surface area (TPSA) is 50.9 Å². The first-order chi connectivity index (χ1) is 7.75. The van der Waals surface area contributed by atoms with Crippen LogP contribution in [0.5, 0.6) is 0 Å². The van der Waals surface area contributed by atoms with Crippen molar-refractivity contribution in [1.82, 2.24) is 10.3 Å². The molecule has 0 bridgehead atoms. The van der Waals surface area contributed by atoms with E-state index in [2.05, 4.69) is 28.5 Å². The fourth-order valence-corrected chi connectivity index (χ4v) is 1.60. The maximum absolute atomic E-state index is 5.78. The highest BCUT2D eigenvalue weighted by atomic mass is 14.9. The summed E-state index contributed by atoms with van der Waals surface area (Å²) in [5.41, 5.74) is 7.95. The molecule has 1 aliphatic rings. The lowest BCUT2D eigenvalue weighted by molar-refractivity contribution is 0.691. The summed E-state index contributed by atoms with van der Waals surface area (Å²) >= 11 is 0. The van der Waals surface area contributed by atoms with Crippen LogP contribution >= 0.6 is 0 Å². The van der Waals surface area contributed by atoms with Crippen molar-refractivity contribution in [3.05, 3.63) is 29.5 Å². The summed E-state index contributed by atoms with van der Waals surface area (Å²) in [6, 6.07) is 2.85. The van der Waals surface area contributed by atoms with Crippen LogP contribution in [0.3, 0.4) is 0 Å². The van der Waals surface area contributed by atoms with Crippen LogP contribution in [0.2, 0.25) is 0 Å². The third kappa shape index (κ3) is 3.35. The third-order valence-electron chi connectivity index (χ3n) is 2.70. The normalized spacial score (nSPS) is 15.8. The molecule has 0 atom stereocenters. The average Bonchev–Trinajstić information content (AvgIpc) is 3.06. The second-order valence-corrected chi connectivity index (χ2v) is 4.41. The van der Waals surface area contributed by atoms with Gasteiger partial charge in [0.15, 0.2) is 0 Å². The molecule has 1 saturated carbocycles. The van der Waals surface area contributed by atoms with Gasteiger partial charge in [-0.3, -0.25) is 0 Å². The highest BCUT2D eigenvalue weighted by Crippen LogP contribution is 2.18. The summed E-state index contributed by atoms with van der Waals surface area (Å²) in [4.78, 5) is 4.13. The number of pyridine rings is 1. The van der Waals surface area contributed by atoms with Crippen molar-refractivity contribution in [3.8, 4) is 0 Å². The van der Waals surface area contributed by atoms with E-state index in [0.717, 1.165) is 30.1 Å². The van der Waals surface area contributed by atoms with Crippen molar-refractivity contribution < 1.29 is 0 Å². The molecular weight excluding hydrogens is 198 g/mol. The Morgan fingerprint density at radius 1 is 1.56 bits per heavy atom. The van der Waals surface area contributed by atoms with Gasteiger partial charge in [0.2, 0.25) is 0 Å². The molecule has 0 unspecified atom stereocenters. The van der Waals surface area contributed by atoms with Crippen LogP contribution < -0.4 is 11.1 Å². The fraction of sp³-hybridized carbons (Fsp3) is 0.462. The van der Waals surface area contributed by atoms with E-state index in [-0.39, 0.29) is 0 Å². The molecule has 0 spiro atoms. The highest BCUT2D eigenvalue weighted by molar-refractivity contribution is 5.61. The highest BCUT2D eigenvalue weighted by Gasteiger charge is 2.19. The quantitative estimate of drug-likeness (QED) is 0.743. The van der Waals surface area contributed by atoms with Gasteiger partial charge in [-0.2, -0.15) is 0 Å². The summed E-state index contributed by atoms with van der Waals surface area (Å²) in [6.07, 6.45) is 9.74. The Balaban J connectivity index is 1.81. The number of anilines is 1. The van der Waals surface area contributed by atoms with E-state index in [4.69, 9.17) is 5.73 Å². The largest absolute Gasteiger partial charge is 0.383 e. The molecule has 86 valence electrons. The number of nitrogens with one attached hydrogen (secondary N) is 1. The monoisotopic (exact) mass is 217 g/mol. The van der Waals surface area contributed by atoms with Gasteiger partial charge in [0, 0.05) is 17.8 Å². The summed E-state index contributed by atoms with van der Waals surface area (Å²) in [7, 11) is 0. The number of nitrogens with zero attached hydrogens (tertiary/aromatic N) is 1. The Morgan fingerprint density at radius 2 is 2.38 bits per heavy atom.